The van der Waals surface area contributed by atoms with E-state index in [4.69, 9.17) is 9.72 Å². The van der Waals surface area contributed by atoms with Crippen LogP contribution < -0.4 is 4.74 Å². The summed E-state index contributed by atoms with van der Waals surface area (Å²) in [7, 11) is 1.68. The fraction of sp³-hybridized carbons (Fsp3) is 0.438. The molecule has 106 valence electrons. The Morgan fingerprint density at radius 3 is 3.15 bits per heavy atom. The maximum absolute atomic E-state index is 9.44. The van der Waals surface area contributed by atoms with E-state index in [0.29, 0.717) is 0 Å². The molecule has 1 aliphatic heterocycles. The third-order valence-corrected chi connectivity index (χ3v) is 3.92. The van der Waals surface area contributed by atoms with E-state index in [2.05, 4.69) is 16.8 Å². The number of hydrogen-bond donors (Lipinski definition) is 1. The maximum Gasteiger partial charge on any atom is 0.119 e. The summed E-state index contributed by atoms with van der Waals surface area (Å²) in [5, 5.41) is 9.44. The lowest BCUT2D eigenvalue weighted by molar-refractivity contribution is 0.206. The van der Waals surface area contributed by atoms with Gasteiger partial charge in [0.25, 0.3) is 0 Å². The summed E-state index contributed by atoms with van der Waals surface area (Å²) in [6, 6.07) is 8.28. The van der Waals surface area contributed by atoms with Gasteiger partial charge in [-0.3, -0.25) is 0 Å². The molecule has 2 aromatic rings. The summed E-state index contributed by atoms with van der Waals surface area (Å²) < 4.78 is 7.40. The number of ether oxygens (including phenoxy) is 1. The van der Waals surface area contributed by atoms with Crippen LogP contribution in [0.2, 0.25) is 0 Å². The fourth-order valence-electron chi connectivity index (χ4n) is 2.88. The second kappa shape index (κ2) is 5.67. The molecule has 0 saturated heterocycles. The Hall–Kier alpha value is -1.81. The highest BCUT2D eigenvalue weighted by Crippen LogP contribution is 2.25. The number of hydrogen-bond acceptors (Lipinski definition) is 3. The number of fused-ring (bicyclic) bond motifs is 1. The molecule has 1 unspecified atom stereocenters. The predicted molar refractivity (Wildman–Crippen MR) is 77.1 cm³/mol. The van der Waals surface area contributed by atoms with Crippen LogP contribution in [0.3, 0.4) is 0 Å². The van der Waals surface area contributed by atoms with Crippen molar-refractivity contribution in [2.75, 3.05) is 13.7 Å². The number of aliphatic hydroxyl groups is 1. The molecule has 3 rings (SSSR count). The van der Waals surface area contributed by atoms with E-state index >= 15 is 0 Å². The molecule has 0 fully saturated rings. The number of rotatable bonds is 4. The first kappa shape index (κ1) is 13.2. The van der Waals surface area contributed by atoms with E-state index in [1.54, 1.807) is 7.11 Å². The number of benzene rings is 1. The molecule has 1 atom stereocenters. The van der Waals surface area contributed by atoms with Gasteiger partial charge in [0.1, 0.15) is 11.6 Å². The van der Waals surface area contributed by atoms with Crippen molar-refractivity contribution in [1.29, 1.82) is 0 Å². The van der Waals surface area contributed by atoms with Crippen molar-refractivity contribution in [2.45, 2.75) is 31.7 Å². The number of imidazole rings is 1. The zero-order chi connectivity index (χ0) is 13.9. The molecule has 1 aromatic heterocycles. The maximum atomic E-state index is 9.44. The van der Waals surface area contributed by atoms with Gasteiger partial charge in [0.05, 0.1) is 25.5 Å². The lowest BCUT2D eigenvalue weighted by atomic mass is 10.1. The summed E-state index contributed by atoms with van der Waals surface area (Å²) in [6.45, 7) is 0.196. The molecule has 0 aliphatic carbocycles. The summed E-state index contributed by atoms with van der Waals surface area (Å²) >= 11 is 0. The van der Waals surface area contributed by atoms with Crippen LogP contribution in [0.25, 0.3) is 0 Å². The van der Waals surface area contributed by atoms with Gasteiger partial charge in [-0.2, -0.15) is 0 Å². The molecule has 20 heavy (non-hydrogen) atoms. The Morgan fingerprint density at radius 2 is 2.35 bits per heavy atom. The normalized spacial score (nSPS) is 17.8. The number of aryl methyl sites for hydroxylation is 1. The smallest absolute Gasteiger partial charge is 0.119 e. The van der Waals surface area contributed by atoms with Crippen molar-refractivity contribution in [2.24, 2.45) is 0 Å². The highest BCUT2D eigenvalue weighted by molar-refractivity contribution is 5.31. The highest BCUT2D eigenvalue weighted by Gasteiger charge is 2.20. The van der Waals surface area contributed by atoms with Crippen molar-refractivity contribution in [3.8, 4) is 5.75 Å². The lowest BCUT2D eigenvalue weighted by Crippen LogP contribution is -2.20. The van der Waals surface area contributed by atoms with Crippen molar-refractivity contribution in [1.82, 2.24) is 9.55 Å². The van der Waals surface area contributed by atoms with Crippen molar-refractivity contribution in [3.05, 3.63) is 47.5 Å². The molecule has 4 nitrogen and oxygen atoms in total. The van der Waals surface area contributed by atoms with Crippen LogP contribution in [0.15, 0.2) is 30.5 Å². The molecule has 1 aromatic carbocycles. The SMILES string of the molecule is COc1cccc(Cc2cn3c(n2)CCCC3CO)c1. The third kappa shape index (κ3) is 2.56. The number of nitrogens with zero attached hydrogens (tertiary/aromatic N) is 2. The van der Waals surface area contributed by atoms with Gasteiger partial charge >= 0.3 is 0 Å². The van der Waals surface area contributed by atoms with Crippen LogP contribution in [0.4, 0.5) is 0 Å². The average Bonchev–Trinajstić information content (AvgIpc) is 2.89. The quantitative estimate of drug-likeness (QED) is 0.929. The zero-order valence-electron chi connectivity index (χ0n) is 11.7. The van der Waals surface area contributed by atoms with Crippen LogP contribution in [-0.4, -0.2) is 28.4 Å². The number of aromatic nitrogens is 2. The summed E-state index contributed by atoms with van der Waals surface area (Å²) in [4.78, 5) is 4.71. The van der Waals surface area contributed by atoms with Gasteiger partial charge in [0.2, 0.25) is 0 Å². The standard InChI is InChI=1S/C16H20N2O2/c1-20-15-6-2-4-12(9-15)8-13-10-18-14(11-19)5-3-7-16(18)17-13/h2,4,6,9-10,14,19H,3,5,7-8,11H2,1H3. The van der Waals surface area contributed by atoms with Crippen LogP contribution in [0.5, 0.6) is 5.75 Å². The van der Waals surface area contributed by atoms with Gasteiger partial charge in [-0.05, 0) is 30.5 Å². The van der Waals surface area contributed by atoms with Crippen LogP contribution >= 0.6 is 0 Å². The Labute approximate surface area is 119 Å². The summed E-state index contributed by atoms with van der Waals surface area (Å²) in [5.74, 6) is 1.98. The van der Waals surface area contributed by atoms with E-state index < -0.39 is 0 Å². The van der Waals surface area contributed by atoms with Gasteiger partial charge in [-0.15, -0.1) is 0 Å². The monoisotopic (exact) mass is 272 g/mol. The molecule has 0 spiro atoms. The van der Waals surface area contributed by atoms with Crippen LogP contribution in [-0.2, 0) is 12.8 Å². The predicted octanol–water partition coefficient (Wildman–Crippen LogP) is 2.35. The van der Waals surface area contributed by atoms with Gasteiger partial charge in [-0.25, -0.2) is 4.98 Å². The molecule has 0 bridgehead atoms. The molecule has 0 saturated carbocycles. The van der Waals surface area contributed by atoms with E-state index in [1.807, 2.05) is 18.2 Å². The van der Waals surface area contributed by atoms with E-state index in [-0.39, 0.29) is 12.6 Å². The average molecular weight is 272 g/mol. The summed E-state index contributed by atoms with van der Waals surface area (Å²) in [5.41, 5.74) is 2.26. The molecule has 0 radical (unpaired) electrons. The number of methoxy groups -OCH3 is 1. The van der Waals surface area contributed by atoms with E-state index in [0.717, 1.165) is 43.0 Å². The van der Waals surface area contributed by atoms with Crippen molar-refractivity contribution >= 4 is 0 Å². The first-order valence-electron chi connectivity index (χ1n) is 7.10. The van der Waals surface area contributed by atoms with E-state index in [1.165, 1.54) is 5.56 Å². The Bertz CT molecular complexity index is 592. The molecule has 1 N–H and O–H groups in total. The fourth-order valence-corrected chi connectivity index (χ4v) is 2.88. The van der Waals surface area contributed by atoms with Gasteiger partial charge in [0.15, 0.2) is 0 Å². The molecule has 4 heteroatoms. The minimum atomic E-state index is 0.196. The topological polar surface area (TPSA) is 47.3 Å². The largest absolute Gasteiger partial charge is 0.497 e. The molecule has 0 amide bonds. The van der Waals surface area contributed by atoms with Crippen molar-refractivity contribution < 1.29 is 9.84 Å². The van der Waals surface area contributed by atoms with Gasteiger partial charge in [0, 0.05) is 19.0 Å². The lowest BCUT2D eigenvalue weighted by Gasteiger charge is -2.22. The van der Waals surface area contributed by atoms with Crippen LogP contribution in [0.1, 0.15) is 36.0 Å². The first-order chi connectivity index (χ1) is 9.80. The Kier molecular flexibility index (Phi) is 3.74. The van der Waals surface area contributed by atoms with Gasteiger partial charge in [-0.1, -0.05) is 12.1 Å². The highest BCUT2D eigenvalue weighted by atomic mass is 16.5. The zero-order valence-corrected chi connectivity index (χ0v) is 11.7. The van der Waals surface area contributed by atoms with Crippen molar-refractivity contribution in [3.63, 3.8) is 0 Å². The van der Waals surface area contributed by atoms with E-state index in [9.17, 15) is 5.11 Å². The van der Waals surface area contributed by atoms with Gasteiger partial charge < -0.3 is 14.4 Å². The second-order valence-electron chi connectivity index (χ2n) is 5.31. The van der Waals surface area contributed by atoms with Crippen LogP contribution in [0, 0.1) is 0 Å². The molecular formula is C16H20N2O2. The molecular weight excluding hydrogens is 252 g/mol. The second-order valence-corrected chi connectivity index (χ2v) is 5.31. The molecule has 2 heterocycles. The number of aliphatic hydroxyl groups excluding tert-OH is 1. The summed E-state index contributed by atoms with van der Waals surface area (Å²) in [6.07, 6.45) is 6.05. The molecule has 1 aliphatic rings. The third-order valence-electron chi connectivity index (χ3n) is 3.92. The minimum absolute atomic E-state index is 0.196. The minimum Gasteiger partial charge on any atom is -0.497 e. The first-order valence-corrected chi connectivity index (χ1v) is 7.10. The Balaban J connectivity index is 1.83. The Morgan fingerprint density at radius 1 is 1.45 bits per heavy atom.